The zero-order valence-corrected chi connectivity index (χ0v) is 15.4. The first-order chi connectivity index (χ1) is 10.8. The van der Waals surface area contributed by atoms with E-state index in [2.05, 4.69) is 19.6 Å². The number of fused-ring (bicyclic) bond motifs is 1. The Hall–Kier alpha value is -1.86. The van der Waals surface area contributed by atoms with Crippen LogP contribution >= 0.6 is 0 Å². The number of ether oxygens (including phenoxy) is 2. The fourth-order valence-corrected chi connectivity index (χ4v) is 3.17. The molecule has 0 radical (unpaired) electrons. The summed E-state index contributed by atoms with van der Waals surface area (Å²) in [6.07, 6.45) is 0. The summed E-state index contributed by atoms with van der Waals surface area (Å²) in [5.41, 5.74) is 1.42. The number of carbonyl (C=O) groups is 1. The van der Waals surface area contributed by atoms with Gasteiger partial charge in [0.05, 0.1) is 23.7 Å². The third-order valence-corrected chi connectivity index (χ3v) is 5.48. The molecule has 0 aliphatic rings. The van der Waals surface area contributed by atoms with Crippen LogP contribution in [-0.4, -0.2) is 36.9 Å². The third-order valence-electron chi connectivity index (χ3n) is 3.78. The van der Waals surface area contributed by atoms with Gasteiger partial charge in [0.15, 0.2) is 0 Å². The van der Waals surface area contributed by atoms with Crippen LogP contribution in [0.2, 0.25) is 25.7 Å². The fraction of sp³-hybridized carbons (Fsp3) is 0.500. The van der Waals surface area contributed by atoms with E-state index in [1.165, 1.54) is 11.7 Å². The van der Waals surface area contributed by atoms with Crippen molar-refractivity contribution in [1.82, 2.24) is 9.13 Å². The summed E-state index contributed by atoms with van der Waals surface area (Å²) in [5, 5.41) is 0. The molecule has 6 nitrogen and oxygen atoms in total. The van der Waals surface area contributed by atoms with Gasteiger partial charge in [-0.05, 0) is 18.2 Å². The van der Waals surface area contributed by atoms with Crippen LogP contribution in [0, 0.1) is 0 Å². The molecular weight excluding hydrogens is 312 g/mol. The Morgan fingerprint density at radius 1 is 1.26 bits per heavy atom. The number of carbonyl (C=O) groups excluding carboxylic acids is 1. The molecule has 0 unspecified atom stereocenters. The van der Waals surface area contributed by atoms with Gasteiger partial charge < -0.3 is 9.47 Å². The molecule has 7 heteroatoms. The lowest BCUT2D eigenvalue weighted by Gasteiger charge is -2.15. The summed E-state index contributed by atoms with van der Waals surface area (Å²) in [6, 6.07) is 6.25. The molecule has 126 valence electrons. The van der Waals surface area contributed by atoms with E-state index < -0.39 is 14.0 Å². The first-order valence-corrected chi connectivity index (χ1v) is 11.3. The summed E-state index contributed by atoms with van der Waals surface area (Å²) < 4.78 is 13.5. The molecule has 0 saturated heterocycles. The van der Waals surface area contributed by atoms with Crippen LogP contribution in [0.4, 0.5) is 0 Å². The lowest BCUT2D eigenvalue weighted by Crippen LogP contribution is -2.25. The molecule has 1 aromatic heterocycles. The van der Waals surface area contributed by atoms with Gasteiger partial charge in [0.1, 0.15) is 6.73 Å². The monoisotopic (exact) mass is 336 g/mol. The van der Waals surface area contributed by atoms with Crippen LogP contribution < -0.4 is 5.69 Å². The second-order valence-corrected chi connectivity index (χ2v) is 12.4. The van der Waals surface area contributed by atoms with Gasteiger partial charge in [0, 0.05) is 21.7 Å². The van der Waals surface area contributed by atoms with Crippen molar-refractivity contribution in [3.8, 4) is 0 Å². The highest BCUT2D eigenvalue weighted by Crippen LogP contribution is 2.18. The van der Waals surface area contributed by atoms with Crippen LogP contribution in [-0.2, 0) is 23.3 Å². The van der Waals surface area contributed by atoms with Gasteiger partial charge >= 0.3 is 11.7 Å². The Morgan fingerprint density at radius 2 is 1.96 bits per heavy atom. The van der Waals surface area contributed by atoms with E-state index in [0.717, 1.165) is 6.04 Å². The quantitative estimate of drug-likeness (QED) is 0.462. The summed E-state index contributed by atoms with van der Waals surface area (Å²) >= 11 is 0. The van der Waals surface area contributed by atoms with Crippen molar-refractivity contribution in [3.05, 3.63) is 34.2 Å². The maximum absolute atomic E-state index is 12.4. The van der Waals surface area contributed by atoms with Gasteiger partial charge in [-0.25, -0.2) is 9.59 Å². The lowest BCUT2D eigenvalue weighted by molar-refractivity contribution is 0.0602. The van der Waals surface area contributed by atoms with Gasteiger partial charge in [-0.2, -0.15) is 0 Å². The summed E-state index contributed by atoms with van der Waals surface area (Å²) in [5.74, 6) is -0.456. The van der Waals surface area contributed by atoms with E-state index in [0.29, 0.717) is 23.2 Å². The molecule has 0 spiro atoms. The predicted octanol–water partition coefficient (Wildman–Crippen LogP) is 2.44. The average molecular weight is 336 g/mol. The Bertz CT molecular complexity index is 771. The fourth-order valence-electron chi connectivity index (χ4n) is 2.42. The first kappa shape index (κ1) is 17.5. The van der Waals surface area contributed by atoms with E-state index in [1.807, 2.05) is 6.07 Å². The zero-order valence-electron chi connectivity index (χ0n) is 14.4. The number of para-hydroxylation sites is 1. The molecule has 1 heterocycles. The Labute approximate surface area is 136 Å². The smallest absolute Gasteiger partial charge is 0.340 e. The van der Waals surface area contributed by atoms with Gasteiger partial charge in [-0.15, -0.1) is 0 Å². The highest BCUT2D eigenvalue weighted by Gasteiger charge is 2.18. The SMILES string of the molecule is COC(=O)c1cccc2c1n(C)c(=O)n2COCC[Si](C)(C)C. The van der Waals surface area contributed by atoms with E-state index in [9.17, 15) is 9.59 Å². The number of nitrogens with zero attached hydrogens (tertiary/aromatic N) is 2. The molecule has 2 rings (SSSR count). The Balaban J connectivity index is 2.33. The molecule has 0 bridgehead atoms. The second kappa shape index (κ2) is 6.72. The number of hydrogen-bond donors (Lipinski definition) is 0. The second-order valence-electron chi connectivity index (χ2n) is 6.78. The van der Waals surface area contributed by atoms with E-state index in [-0.39, 0.29) is 12.4 Å². The molecule has 0 atom stereocenters. The zero-order chi connectivity index (χ0) is 17.2. The van der Waals surface area contributed by atoms with Gasteiger partial charge in [-0.3, -0.25) is 9.13 Å². The normalized spacial score (nSPS) is 11.9. The van der Waals surface area contributed by atoms with Crippen molar-refractivity contribution in [2.45, 2.75) is 32.4 Å². The molecule has 0 fully saturated rings. The Morgan fingerprint density at radius 3 is 2.57 bits per heavy atom. The average Bonchev–Trinajstić information content (AvgIpc) is 2.74. The van der Waals surface area contributed by atoms with Crippen LogP contribution in [0.25, 0.3) is 11.0 Å². The molecule has 0 saturated carbocycles. The first-order valence-electron chi connectivity index (χ1n) is 7.60. The standard InChI is InChI=1S/C16H24N2O4Si/c1-17-14-12(15(19)21-2)7-6-8-13(14)18(16(17)20)11-22-9-10-23(3,4)5/h6-8H,9-11H2,1-5H3. The molecular formula is C16H24N2O4Si. The molecule has 2 aromatic rings. The maximum Gasteiger partial charge on any atom is 0.340 e. The van der Waals surface area contributed by atoms with Crippen LogP contribution in [0.3, 0.4) is 0 Å². The summed E-state index contributed by atoms with van der Waals surface area (Å²) in [6.45, 7) is 7.66. The molecule has 0 aliphatic carbocycles. The summed E-state index contributed by atoms with van der Waals surface area (Å²) in [4.78, 5) is 24.3. The van der Waals surface area contributed by atoms with Gasteiger partial charge in [0.2, 0.25) is 0 Å². The van der Waals surface area contributed by atoms with Gasteiger partial charge in [0.25, 0.3) is 0 Å². The number of benzene rings is 1. The van der Waals surface area contributed by atoms with E-state index in [1.54, 1.807) is 23.7 Å². The third kappa shape index (κ3) is 3.73. The topological polar surface area (TPSA) is 62.5 Å². The minimum absolute atomic E-state index is 0.186. The number of imidazole rings is 1. The van der Waals surface area contributed by atoms with Crippen molar-refractivity contribution >= 4 is 25.1 Å². The largest absolute Gasteiger partial charge is 0.465 e. The predicted molar refractivity (Wildman–Crippen MR) is 92.6 cm³/mol. The van der Waals surface area contributed by atoms with Crippen molar-refractivity contribution < 1.29 is 14.3 Å². The number of esters is 1. The molecule has 1 aromatic carbocycles. The van der Waals surface area contributed by atoms with Gasteiger partial charge in [-0.1, -0.05) is 25.7 Å². The molecule has 0 amide bonds. The Kier molecular flexibility index (Phi) is 5.11. The van der Waals surface area contributed by atoms with Crippen LogP contribution in [0.1, 0.15) is 10.4 Å². The van der Waals surface area contributed by atoms with Crippen molar-refractivity contribution in [2.75, 3.05) is 13.7 Å². The number of methoxy groups -OCH3 is 1. The minimum Gasteiger partial charge on any atom is -0.465 e. The number of aromatic nitrogens is 2. The van der Waals surface area contributed by atoms with Crippen LogP contribution in [0.5, 0.6) is 0 Å². The highest BCUT2D eigenvalue weighted by atomic mass is 28.3. The van der Waals surface area contributed by atoms with E-state index in [4.69, 9.17) is 9.47 Å². The van der Waals surface area contributed by atoms with Crippen molar-refractivity contribution in [1.29, 1.82) is 0 Å². The number of hydrogen-bond acceptors (Lipinski definition) is 4. The molecule has 0 N–H and O–H groups in total. The number of aryl methyl sites for hydroxylation is 1. The molecule has 23 heavy (non-hydrogen) atoms. The van der Waals surface area contributed by atoms with Crippen molar-refractivity contribution in [2.24, 2.45) is 7.05 Å². The summed E-state index contributed by atoms with van der Waals surface area (Å²) in [7, 11) is 1.81. The molecule has 0 aliphatic heterocycles. The minimum atomic E-state index is -1.17. The van der Waals surface area contributed by atoms with Crippen LogP contribution in [0.15, 0.2) is 23.0 Å². The number of rotatable bonds is 6. The van der Waals surface area contributed by atoms with E-state index >= 15 is 0 Å². The maximum atomic E-state index is 12.4. The lowest BCUT2D eigenvalue weighted by atomic mass is 10.2. The van der Waals surface area contributed by atoms with Crippen molar-refractivity contribution in [3.63, 3.8) is 0 Å². The highest BCUT2D eigenvalue weighted by molar-refractivity contribution is 6.76.